The first-order valence-corrected chi connectivity index (χ1v) is 8.57. The van der Waals surface area contributed by atoms with Crippen molar-refractivity contribution in [2.75, 3.05) is 14.1 Å². The summed E-state index contributed by atoms with van der Waals surface area (Å²) in [5, 5.41) is 7.54. The molecule has 25 heavy (non-hydrogen) atoms. The molecule has 1 N–H and O–H groups in total. The van der Waals surface area contributed by atoms with Crippen molar-refractivity contribution in [1.29, 1.82) is 0 Å². The average molecular weight is 346 g/mol. The predicted octanol–water partition coefficient (Wildman–Crippen LogP) is 2.97. The van der Waals surface area contributed by atoms with Crippen LogP contribution in [-0.2, 0) is 17.9 Å². The van der Waals surface area contributed by atoms with Crippen molar-refractivity contribution in [2.24, 2.45) is 0 Å². The molecule has 0 saturated carbocycles. The van der Waals surface area contributed by atoms with Gasteiger partial charge in [-0.3, -0.25) is 14.4 Å². The van der Waals surface area contributed by atoms with Crippen LogP contribution in [0.1, 0.15) is 41.9 Å². The van der Waals surface area contributed by atoms with E-state index in [1.54, 1.807) is 12.1 Å². The molecule has 1 amide bonds. The summed E-state index contributed by atoms with van der Waals surface area (Å²) < 4.78 is 15.1. The maximum atomic E-state index is 13.2. The molecule has 0 saturated heterocycles. The molecule has 2 aromatic rings. The number of likely N-dealkylation sites (N-methyl/N-ethyl adjacent to an activating group) is 1. The first-order valence-electron chi connectivity index (χ1n) is 8.57. The first kappa shape index (κ1) is 19.1. The number of aromatic nitrogens is 2. The molecule has 0 bridgehead atoms. The third-order valence-electron chi connectivity index (χ3n) is 4.36. The molecular weight excluding hydrogens is 319 g/mol. The lowest BCUT2D eigenvalue weighted by atomic mass is 10.0. The van der Waals surface area contributed by atoms with E-state index in [-0.39, 0.29) is 11.7 Å². The summed E-state index contributed by atoms with van der Waals surface area (Å²) >= 11 is 0. The molecule has 0 aliphatic heterocycles. The summed E-state index contributed by atoms with van der Waals surface area (Å²) in [5.41, 5.74) is 3.84. The number of rotatable bonds is 7. The topological polar surface area (TPSA) is 50.2 Å². The third kappa shape index (κ3) is 4.45. The molecule has 1 heterocycles. The maximum absolute atomic E-state index is 13.2. The van der Waals surface area contributed by atoms with E-state index in [0.717, 1.165) is 35.5 Å². The van der Waals surface area contributed by atoms with Gasteiger partial charge in [-0.2, -0.15) is 5.10 Å². The molecule has 0 fully saturated rings. The zero-order valence-corrected chi connectivity index (χ0v) is 15.6. The van der Waals surface area contributed by atoms with Gasteiger partial charge in [-0.15, -0.1) is 0 Å². The van der Waals surface area contributed by atoms with Crippen molar-refractivity contribution >= 4 is 5.91 Å². The molecule has 0 spiro atoms. The zero-order chi connectivity index (χ0) is 18.6. The standard InChI is InChI=1S/C19H27FN4O/c1-6-11-24-14(3)17(13(2)22-24)12-21-19(25)18(23(4)5)15-7-9-16(20)10-8-15/h7-10,18H,6,11-12H2,1-5H3,(H,21,25)/t18-/m1/s1. The largest absolute Gasteiger partial charge is 0.350 e. The lowest BCUT2D eigenvalue weighted by Gasteiger charge is -2.24. The summed E-state index contributed by atoms with van der Waals surface area (Å²) in [7, 11) is 3.67. The third-order valence-corrected chi connectivity index (χ3v) is 4.36. The Kier molecular flexibility index (Phi) is 6.31. The number of hydrogen-bond acceptors (Lipinski definition) is 3. The summed E-state index contributed by atoms with van der Waals surface area (Å²) in [6.07, 6.45) is 1.01. The normalized spacial score (nSPS) is 12.4. The monoisotopic (exact) mass is 346 g/mol. The minimum Gasteiger partial charge on any atom is -0.350 e. The summed E-state index contributed by atoms with van der Waals surface area (Å²) in [6, 6.07) is 5.58. The molecule has 1 aromatic carbocycles. The molecule has 1 aromatic heterocycles. The second-order valence-electron chi connectivity index (χ2n) is 6.51. The van der Waals surface area contributed by atoms with E-state index < -0.39 is 6.04 Å². The van der Waals surface area contributed by atoms with Crippen molar-refractivity contribution < 1.29 is 9.18 Å². The predicted molar refractivity (Wildman–Crippen MR) is 96.7 cm³/mol. The molecule has 0 aliphatic rings. The summed E-state index contributed by atoms with van der Waals surface area (Å²) in [6.45, 7) is 7.41. The highest BCUT2D eigenvalue weighted by molar-refractivity contribution is 5.83. The number of amides is 1. The number of aryl methyl sites for hydroxylation is 2. The number of carbonyl (C=O) groups excluding carboxylic acids is 1. The molecule has 0 radical (unpaired) electrons. The van der Waals surface area contributed by atoms with Gasteiger partial charge in [-0.1, -0.05) is 19.1 Å². The molecular formula is C19H27FN4O. The number of benzene rings is 1. The number of nitrogens with one attached hydrogen (secondary N) is 1. The van der Waals surface area contributed by atoms with Crippen molar-refractivity contribution in [3.05, 3.63) is 52.6 Å². The van der Waals surface area contributed by atoms with Gasteiger partial charge in [0.2, 0.25) is 5.91 Å². The Balaban J connectivity index is 2.13. The van der Waals surface area contributed by atoms with Crippen LogP contribution in [0.2, 0.25) is 0 Å². The van der Waals surface area contributed by atoms with Gasteiger partial charge in [-0.25, -0.2) is 4.39 Å². The zero-order valence-electron chi connectivity index (χ0n) is 15.6. The minimum absolute atomic E-state index is 0.112. The SMILES string of the molecule is CCCn1nc(C)c(CNC(=O)[C@@H](c2ccc(F)cc2)N(C)C)c1C. The Labute approximate surface area is 148 Å². The van der Waals surface area contributed by atoms with E-state index in [1.807, 2.05) is 37.5 Å². The van der Waals surface area contributed by atoms with Crippen LogP contribution < -0.4 is 5.32 Å². The van der Waals surface area contributed by atoms with Crippen molar-refractivity contribution in [2.45, 2.75) is 46.3 Å². The van der Waals surface area contributed by atoms with E-state index in [1.165, 1.54) is 12.1 Å². The lowest BCUT2D eigenvalue weighted by molar-refractivity contribution is -0.125. The van der Waals surface area contributed by atoms with Gasteiger partial charge in [0.1, 0.15) is 11.9 Å². The van der Waals surface area contributed by atoms with Gasteiger partial charge in [-0.05, 0) is 52.1 Å². The van der Waals surface area contributed by atoms with E-state index in [2.05, 4.69) is 17.3 Å². The van der Waals surface area contributed by atoms with Crippen LogP contribution >= 0.6 is 0 Å². The quantitative estimate of drug-likeness (QED) is 0.838. The molecule has 0 unspecified atom stereocenters. The second kappa shape index (κ2) is 8.25. The molecule has 0 aliphatic carbocycles. The smallest absolute Gasteiger partial charge is 0.242 e. The summed E-state index contributed by atoms with van der Waals surface area (Å²) in [5.74, 6) is -0.421. The highest BCUT2D eigenvalue weighted by Gasteiger charge is 2.23. The van der Waals surface area contributed by atoms with Gasteiger partial charge in [0, 0.05) is 24.3 Å². The molecule has 2 rings (SSSR count). The van der Waals surface area contributed by atoms with Crippen LogP contribution in [0.5, 0.6) is 0 Å². The van der Waals surface area contributed by atoms with E-state index in [0.29, 0.717) is 6.54 Å². The van der Waals surface area contributed by atoms with Crippen LogP contribution in [0.15, 0.2) is 24.3 Å². The van der Waals surface area contributed by atoms with Crippen molar-refractivity contribution in [1.82, 2.24) is 20.0 Å². The Hall–Kier alpha value is -2.21. The van der Waals surface area contributed by atoms with Crippen LogP contribution in [0.4, 0.5) is 4.39 Å². The first-order chi connectivity index (χ1) is 11.8. The molecule has 136 valence electrons. The lowest BCUT2D eigenvalue weighted by Crippen LogP contribution is -2.36. The fourth-order valence-electron chi connectivity index (χ4n) is 3.02. The van der Waals surface area contributed by atoms with E-state index in [9.17, 15) is 9.18 Å². The van der Waals surface area contributed by atoms with Crippen molar-refractivity contribution in [3.63, 3.8) is 0 Å². The van der Waals surface area contributed by atoms with Crippen LogP contribution in [-0.4, -0.2) is 34.7 Å². The Morgan fingerprint density at radius 2 is 1.92 bits per heavy atom. The van der Waals surface area contributed by atoms with Gasteiger partial charge in [0.05, 0.1) is 5.69 Å². The van der Waals surface area contributed by atoms with Crippen molar-refractivity contribution in [3.8, 4) is 0 Å². The number of nitrogens with zero attached hydrogens (tertiary/aromatic N) is 3. The van der Waals surface area contributed by atoms with Gasteiger partial charge >= 0.3 is 0 Å². The highest BCUT2D eigenvalue weighted by Crippen LogP contribution is 2.20. The Morgan fingerprint density at radius 1 is 1.28 bits per heavy atom. The number of carbonyl (C=O) groups is 1. The fourth-order valence-corrected chi connectivity index (χ4v) is 3.02. The average Bonchev–Trinajstić information content (AvgIpc) is 2.81. The minimum atomic E-state index is -0.466. The molecule has 5 nitrogen and oxygen atoms in total. The molecule has 6 heteroatoms. The Morgan fingerprint density at radius 3 is 2.48 bits per heavy atom. The highest BCUT2D eigenvalue weighted by atomic mass is 19.1. The van der Waals surface area contributed by atoms with Gasteiger partial charge in [0.25, 0.3) is 0 Å². The van der Waals surface area contributed by atoms with E-state index >= 15 is 0 Å². The second-order valence-corrected chi connectivity index (χ2v) is 6.51. The van der Waals surface area contributed by atoms with Gasteiger partial charge < -0.3 is 5.32 Å². The van der Waals surface area contributed by atoms with Gasteiger partial charge in [0.15, 0.2) is 0 Å². The number of hydrogen-bond donors (Lipinski definition) is 1. The number of halogens is 1. The maximum Gasteiger partial charge on any atom is 0.242 e. The Bertz CT molecular complexity index is 722. The fraction of sp³-hybridized carbons (Fsp3) is 0.474. The summed E-state index contributed by atoms with van der Waals surface area (Å²) in [4.78, 5) is 14.5. The van der Waals surface area contributed by atoms with E-state index in [4.69, 9.17) is 0 Å². The van der Waals surface area contributed by atoms with Crippen LogP contribution in [0.25, 0.3) is 0 Å². The van der Waals surface area contributed by atoms with Crippen LogP contribution in [0.3, 0.4) is 0 Å². The van der Waals surface area contributed by atoms with Crippen LogP contribution in [0, 0.1) is 19.7 Å². The molecule has 1 atom stereocenters.